The molecule has 21 heavy (non-hydrogen) atoms. The van der Waals surface area contributed by atoms with Gasteiger partial charge in [0.1, 0.15) is 5.82 Å². The van der Waals surface area contributed by atoms with Gasteiger partial charge in [-0.05, 0) is 69.2 Å². The lowest BCUT2D eigenvalue weighted by Crippen LogP contribution is -2.18. The number of aromatic nitrogens is 2. The third-order valence-corrected chi connectivity index (χ3v) is 4.54. The summed E-state index contributed by atoms with van der Waals surface area (Å²) in [5.74, 6) is 0.723. The number of hydrogen-bond donors (Lipinski definition) is 1. The molecule has 0 unspecified atom stereocenters. The first-order valence-electron chi connectivity index (χ1n) is 7.76. The van der Waals surface area contributed by atoms with Crippen molar-refractivity contribution in [2.45, 2.75) is 52.9 Å². The molecule has 1 N–H and O–H groups in total. The molecule has 0 saturated carbocycles. The molecule has 3 rings (SSSR count). The molecule has 110 valence electrons. The van der Waals surface area contributed by atoms with Gasteiger partial charge in [0.15, 0.2) is 0 Å². The van der Waals surface area contributed by atoms with Crippen LogP contribution in [0.3, 0.4) is 0 Å². The van der Waals surface area contributed by atoms with Gasteiger partial charge in [-0.1, -0.05) is 12.5 Å². The second-order valence-corrected chi connectivity index (χ2v) is 6.15. The standard InChI is InChI=1S/C18H22N2O/c1-11-9-13(3)15(10-12(11)2)17-19-16-8-6-4-5-7-14(16)18(21)20-17/h9-10H,4-8H2,1-3H3,(H,19,20,21). The highest BCUT2D eigenvalue weighted by Gasteiger charge is 2.16. The fourth-order valence-corrected chi connectivity index (χ4v) is 3.12. The molecule has 0 fully saturated rings. The van der Waals surface area contributed by atoms with E-state index in [1.54, 1.807) is 0 Å². The van der Waals surface area contributed by atoms with E-state index in [2.05, 4.69) is 37.9 Å². The summed E-state index contributed by atoms with van der Waals surface area (Å²) in [5, 5.41) is 0. The Morgan fingerprint density at radius 1 is 0.952 bits per heavy atom. The molecule has 0 amide bonds. The van der Waals surface area contributed by atoms with Gasteiger partial charge in [0, 0.05) is 11.1 Å². The van der Waals surface area contributed by atoms with Crippen molar-refractivity contribution in [2.75, 3.05) is 0 Å². The third-order valence-electron chi connectivity index (χ3n) is 4.54. The zero-order valence-corrected chi connectivity index (χ0v) is 13.0. The molecular weight excluding hydrogens is 260 g/mol. The summed E-state index contributed by atoms with van der Waals surface area (Å²) in [7, 11) is 0. The van der Waals surface area contributed by atoms with Gasteiger partial charge in [-0.3, -0.25) is 4.79 Å². The lowest BCUT2D eigenvalue weighted by molar-refractivity contribution is 0.708. The van der Waals surface area contributed by atoms with Crippen molar-refractivity contribution in [3.63, 3.8) is 0 Å². The van der Waals surface area contributed by atoms with Crippen molar-refractivity contribution in [2.24, 2.45) is 0 Å². The molecule has 0 atom stereocenters. The van der Waals surface area contributed by atoms with Crippen molar-refractivity contribution >= 4 is 0 Å². The minimum absolute atomic E-state index is 0.0505. The van der Waals surface area contributed by atoms with Gasteiger partial charge < -0.3 is 4.98 Å². The van der Waals surface area contributed by atoms with Crippen LogP contribution in [-0.2, 0) is 12.8 Å². The molecule has 1 aromatic carbocycles. The normalized spacial score (nSPS) is 14.6. The molecule has 3 nitrogen and oxygen atoms in total. The maximum absolute atomic E-state index is 12.4. The number of fused-ring (bicyclic) bond motifs is 1. The summed E-state index contributed by atoms with van der Waals surface area (Å²) >= 11 is 0. The van der Waals surface area contributed by atoms with E-state index in [1.807, 2.05) is 0 Å². The van der Waals surface area contributed by atoms with Gasteiger partial charge in [0.25, 0.3) is 5.56 Å². The topological polar surface area (TPSA) is 45.8 Å². The summed E-state index contributed by atoms with van der Waals surface area (Å²) in [6.45, 7) is 6.28. The number of aromatic amines is 1. The van der Waals surface area contributed by atoms with Crippen LogP contribution in [0.15, 0.2) is 16.9 Å². The van der Waals surface area contributed by atoms with Crippen LogP contribution < -0.4 is 5.56 Å². The van der Waals surface area contributed by atoms with Gasteiger partial charge in [-0.2, -0.15) is 0 Å². The molecule has 1 heterocycles. The molecular formula is C18H22N2O. The largest absolute Gasteiger partial charge is 0.306 e. The Kier molecular flexibility index (Phi) is 3.66. The highest BCUT2D eigenvalue weighted by Crippen LogP contribution is 2.25. The summed E-state index contributed by atoms with van der Waals surface area (Å²) in [4.78, 5) is 20.2. The van der Waals surface area contributed by atoms with E-state index in [0.717, 1.165) is 53.9 Å². The minimum atomic E-state index is 0.0505. The maximum Gasteiger partial charge on any atom is 0.254 e. The molecule has 1 aromatic heterocycles. The number of nitrogens with zero attached hydrogens (tertiary/aromatic N) is 1. The van der Waals surface area contributed by atoms with Crippen LogP contribution in [0.25, 0.3) is 11.4 Å². The van der Waals surface area contributed by atoms with Gasteiger partial charge >= 0.3 is 0 Å². The number of hydrogen-bond acceptors (Lipinski definition) is 2. The van der Waals surface area contributed by atoms with E-state index in [1.165, 1.54) is 17.5 Å². The average molecular weight is 282 g/mol. The smallest absolute Gasteiger partial charge is 0.254 e. The van der Waals surface area contributed by atoms with Crippen molar-refractivity contribution in [1.82, 2.24) is 9.97 Å². The van der Waals surface area contributed by atoms with Crippen LogP contribution in [0, 0.1) is 20.8 Å². The van der Waals surface area contributed by atoms with E-state index < -0.39 is 0 Å². The molecule has 0 spiro atoms. The highest BCUT2D eigenvalue weighted by atomic mass is 16.1. The highest BCUT2D eigenvalue weighted by molar-refractivity contribution is 5.62. The fraction of sp³-hybridized carbons (Fsp3) is 0.444. The van der Waals surface area contributed by atoms with Gasteiger partial charge in [-0.25, -0.2) is 4.98 Å². The molecule has 3 heteroatoms. The number of H-pyrrole nitrogens is 1. The van der Waals surface area contributed by atoms with Crippen molar-refractivity contribution in [3.8, 4) is 11.4 Å². The number of nitrogens with one attached hydrogen (secondary N) is 1. The minimum Gasteiger partial charge on any atom is -0.306 e. The predicted octanol–water partition coefficient (Wildman–Crippen LogP) is 3.63. The molecule has 0 bridgehead atoms. The Labute approximate surface area is 125 Å². The fourth-order valence-electron chi connectivity index (χ4n) is 3.12. The van der Waals surface area contributed by atoms with Crippen LogP contribution in [0.5, 0.6) is 0 Å². The van der Waals surface area contributed by atoms with Crippen LogP contribution >= 0.6 is 0 Å². The number of aryl methyl sites for hydroxylation is 4. The van der Waals surface area contributed by atoms with E-state index in [-0.39, 0.29) is 5.56 Å². The Morgan fingerprint density at radius 2 is 1.67 bits per heavy atom. The monoisotopic (exact) mass is 282 g/mol. The van der Waals surface area contributed by atoms with Crippen LogP contribution in [-0.4, -0.2) is 9.97 Å². The van der Waals surface area contributed by atoms with E-state index >= 15 is 0 Å². The summed E-state index contributed by atoms with van der Waals surface area (Å²) < 4.78 is 0. The van der Waals surface area contributed by atoms with Crippen molar-refractivity contribution in [1.29, 1.82) is 0 Å². The number of benzene rings is 1. The van der Waals surface area contributed by atoms with E-state index in [0.29, 0.717) is 0 Å². The molecule has 1 aliphatic carbocycles. The van der Waals surface area contributed by atoms with Crippen LogP contribution in [0.1, 0.15) is 47.2 Å². The summed E-state index contributed by atoms with van der Waals surface area (Å²) in [6, 6.07) is 4.29. The van der Waals surface area contributed by atoms with Gasteiger partial charge in [-0.15, -0.1) is 0 Å². The first-order valence-corrected chi connectivity index (χ1v) is 7.76. The second kappa shape index (κ2) is 5.47. The van der Waals surface area contributed by atoms with E-state index in [9.17, 15) is 4.79 Å². The zero-order chi connectivity index (χ0) is 15.0. The maximum atomic E-state index is 12.4. The first-order chi connectivity index (χ1) is 10.1. The van der Waals surface area contributed by atoms with Crippen molar-refractivity contribution in [3.05, 3.63) is 50.4 Å². The van der Waals surface area contributed by atoms with E-state index in [4.69, 9.17) is 4.98 Å². The zero-order valence-electron chi connectivity index (χ0n) is 13.0. The first kappa shape index (κ1) is 14.1. The van der Waals surface area contributed by atoms with Crippen LogP contribution in [0.4, 0.5) is 0 Å². The molecule has 0 radical (unpaired) electrons. The molecule has 2 aromatic rings. The molecule has 1 aliphatic rings. The third kappa shape index (κ3) is 2.65. The van der Waals surface area contributed by atoms with Gasteiger partial charge in [0.2, 0.25) is 0 Å². The summed E-state index contributed by atoms with van der Waals surface area (Å²) in [6.07, 6.45) is 5.21. The Balaban J connectivity index is 2.16. The summed E-state index contributed by atoms with van der Waals surface area (Å²) in [5.41, 5.74) is 6.66. The van der Waals surface area contributed by atoms with Gasteiger partial charge in [0.05, 0.1) is 5.69 Å². The second-order valence-electron chi connectivity index (χ2n) is 6.15. The SMILES string of the molecule is Cc1cc(C)c(-c2nc3c(c(=O)[nH]2)CCCCC3)cc1C. The Bertz CT molecular complexity index is 744. The molecule has 0 saturated heterocycles. The Morgan fingerprint density at radius 3 is 2.48 bits per heavy atom. The predicted molar refractivity (Wildman–Crippen MR) is 85.8 cm³/mol. The lowest BCUT2D eigenvalue weighted by Gasteiger charge is -2.11. The number of rotatable bonds is 1. The average Bonchev–Trinajstić information content (AvgIpc) is 2.68. The Hall–Kier alpha value is -1.90. The lowest BCUT2D eigenvalue weighted by atomic mass is 10.00. The van der Waals surface area contributed by atoms with Crippen LogP contribution in [0.2, 0.25) is 0 Å². The molecule has 0 aliphatic heterocycles. The van der Waals surface area contributed by atoms with Crippen molar-refractivity contribution < 1.29 is 0 Å². The quantitative estimate of drug-likeness (QED) is 0.812.